The minimum absolute atomic E-state index is 0.540. The van der Waals surface area contributed by atoms with Crippen LogP contribution in [0.5, 0.6) is 0 Å². The largest absolute Gasteiger partial charge is 0.381 e. The second-order valence-corrected chi connectivity index (χ2v) is 5.62. The van der Waals surface area contributed by atoms with Crippen molar-refractivity contribution in [2.24, 2.45) is 0 Å². The van der Waals surface area contributed by atoms with Crippen molar-refractivity contribution < 1.29 is 0 Å². The molecule has 22 heavy (non-hydrogen) atoms. The van der Waals surface area contributed by atoms with Gasteiger partial charge in [-0.05, 0) is 47.2 Å². The van der Waals surface area contributed by atoms with Crippen molar-refractivity contribution in [1.29, 1.82) is 0 Å². The van der Waals surface area contributed by atoms with Crippen LogP contribution in [0.2, 0.25) is 10.0 Å². The number of hydrogen-bond donors (Lipinski definition) is 1. The number of nitrogens with one attached hydrogen (secondary N) is 1. The smallest absolute Gasteiger partial charge is 0.143 e. The molecule has 3 rings (SSSR count). The van der Waals surface area contributed by atoms with Crippen molar-refractivity contribution in [3.8, 4) is 5.69 Å². The fourth-order valence-corrected chi connectivity index (χ4v) is 2.64. The van der Waals surface area contributed by atoms with E-state index in [9.17, 15) is 0 Å². The molecule has 0 unspecified atom stereocenters. The molecule has 1 aromatic heterocycles. The lowest BCUT2D eigenvalue weighted by Crippen LogP contribution is -2.04. The number of hydrogen-bond acceptors (Lipinski definition) is 4. The molecule has 0 saturated heterocycles. The summed E-state index contributed by atoms with van der Waals surface area (Å²) in [5.41, 5.74) is 3.84. The Kier molecular flexibility index (Phi) is 4.27. The number of aryl methyl sites for hydroxylation is 1. The van der Waals surface area contributed by atoms with E-state index >= 15 is 0 Å². The van der Waals surface area contributed by atoms with Gasteiger partial charge in [-0.1, -0.05) is 35.3 Å². The number of tetrazole rings is 1. The Hall–Kier alpha value is -2.11. The Bertz CT molecular complexity index is 766. The molecule has 0 saturated carbocycles. The summed E-state index contributed by atoms with van der Waals surface area (Å²) in [5, 5.41) is 15.8. The third kappa shape index (κ3) is 3.05. The van der Waals surface area contributed by atoms with Gasteiger partial charge >= 0.3 is 0 Å². The second-order valence-electron chi connectivity index (χ2n) is 4.81. The lowest BCUT2D eigenvalue weighted by Gasteiger charge is -2.13. The van der Waals surface area contributed by atoms with Crippen LogP contribution in [0.4, 0.5) is 5.69 Å². The number of rotatable bonds is 4. The molecule has 0 amide bonds. The van der Waals surface area contributed by atoms with Crippen LogP contribution in [0.15, 0.2) is 42.7 Å². The van der Waals surface area contributed by atoms with Gasteiger partial charge in [-0.2, -0.15) is 0 Å². The van der Waals surface area contributed by atoms with Gasteiger partial charge in [0, 0.05) is 27.8 Å². The minimum atomic E-state index is 0.540. The summed E-state index contributed by atoms with van der Waals surface area (Å²) in [4.78, 5) is 0. The predicted molar refractivity (Wildman–Crippen MR) is 87.7 cm³/mol. The predicted octanol–water partition coefficient (Wildman–Crippen LogP) is 3.89. The molecule has 7 heteroatoms. The van der Waals surface area contributed by atoms with Gasteiger partial charge in [-0.3, -0.25) is 0 Å². The van der Waals surface area contributed by atoms with Crippen LogP contribution in [0.25, 0.3) is 5.69 Å². The van der Waals surface area contributed by atoms with E-state index in [1.54, 1.807) is 11.0 Å². The van der Waals surface area contributed by atoms with Gasteiger partial charge in [-0.25, -0.2) is 4.68 Å². The van der Waals surface area contributed by atoms with Crippen molar-refractivity contribution >= 4 is 28.9 Å². The highest BCUT2D eigenvalue weighted by Gasteiger charge is 2.07. The highest BCUT2D eigenvalue weighted by Crippen LogP contribution is 2.26. The van der Waals surface area contributed by atoms with Gasteiger partial charge in [-0.15, -0.1) is 5.10 Å². The molecule has 2 aromatic carbocycles. The normalized spacial score (nSPS) is 10.7. The molecule has 0 fully saturated rings. The van der Waals surface area contributed by atoms with Crippen LogP contribution in [0, 0.1) is 6.92 Å². The zero-order valence-corrected chi connectivity index (χ0v) is 13.3. The molecular formula is C15H13Cl2N5. The molecule has 0 aliphatic heterocycles. The average molecular weight is 334 g/mol. The van der Waals surface area contributed by atoms with Crippen molar-refractivity contribution in [1.82, 2.24) is 20.2 Å². The van der Waals surface area contributed by atoms with Gasteiger partial charge in [0.25, 0.3) is 0 Å². The molecule has 1 heterocycles. The lowest BCUT2D eigenvalue weighted by molar-refractivity contribution is 0.789. The van der Waals surface area contributed by atoms with Crippen LogP contribution in [-0.2, 0) is 6.54 Å². The quantitative estimate of drug-likeness (QED) is 0.786. The van der Waals surface area contributed by atoms with Crippen LogP contribution in [-0.4, -0.2) is 20.2 Å². The topological polar surface area (TPSA) is 55.6 Å². The molecule has 0 aliphatic carbocycles. The van der Waals surface area contributed by atoms with E-state index in [0.717, 1.165) is 22.5 Å². The monoisotopic (exact) mass is 333 g/mol. The summed E-state index contributed by atoms with van der Waals surface area (Å²) in [6, 6.07) is 11.4. The number of anilines is 1. The Balaban J connectivity index is 1.85. The molecular weight excluding hydrogens is 321 g/mol. The maximum Gasteiger partial charge on any atom is 0.143 e. The van der Waals surface area contributed by atoms with Crippen molar-refractivity contribution in [3.05, 3.63) is 63.9 Å². The summed E-state index contributed by atoms with van der Waals surface area (Å²) < 4.78 is 1.60. The summed E-state index contributed by atoms with van der Waals surface area (Å²) in [7, 11) is 0. The van der Waals surface area contributed by atoms with Crippen LogP contribution < -0.4 is 5.32 Å². The van der Waals surface area contributed by atoms with Gasteiger partial charge in [0.1, 0.15) is 6.33 Å². The third-order valence-corrected chi connectivity index (χ3v) is 4.06. The Morgan fingerprint density at radius 1 is 1.14 bits per heavy atom. The average Bonchev–Trinajstić information content (AvgIpc) is 3.02. The standard InChI is InChI=1S/C15H13Cl2N5/c1-10-5-6-11(22-9-19-20-21-22)7-15(10)18-8-12-13(16)3-2-4-14(12)17/h2-7,9,18H,8H2,1H3. The van der Waals surface area contributed by atoms with E-state index in [1.165, 1.54) is 0 Å². The molecule has 112 valence electrons. The van der Waals surface area contributed by atoms with Crippen molar-refractivity contribution in [3.63, 3.8) is 0 Å². The summed E-state index contributed by atoms with van der Waals surface area (Å²) >= 11 is 12.4. The number of halogens is 2. The second kappa shape index (κ2) is 6.34. The van der Waals surface area contributed by atoms with E-state index in [1.807, 2.05) is 43.3 Å². The fraction of sp³-hybridized carbons (Fsp3) is 0.133. The number of nitrogens with zero attached hydrogens (tertiary/aromatic N) is 4. The SMILES string of the molecule is Cc1ccc(-n2cnnn2)cc1NCc1c(Cl)cccc1Cl. The zero-order valence-electron chi connectivity index (χ0n) is 11.8. The molecule has 0 aliphatic rings. The van der Waals surface area contributed by atoms with Crippen molar-refractivity contribution in [2.75, 3.05) is 5.32 Å². The van der Waals surface area contributed by atoms with Gasteiger partial charge < -0.3 is 5.32 Å². The van der Waals surface area contributed by atoms with Gasteiger partial charge in [0.05, 0.1) is 5.69 Å². The Labute approximate surface area is 137 Å². The maximum absolute atomic E-state index is 6.19. The first kappa shape index (κ1) is 14.8. The van der Waals surface area contributed by atoms with Gasteiger partial charge in [0.15, 0.2) is 0 Å². The molecule has 5 nitrogen and oxygen atoms in total. The molecule has 0 spiro atoms. The molecule has 0 atom stereocenters. The Morgan fingerprint density at radius 3 is 2.59 bits per heavy atom. The molecule has 0 radical (unpaired) electrons. The number of aromatic nitrogens is 4. The molecule has 1 N–H and O–H groups in total. The van der Waals surface area contributed by atoms with Crippen LogP contribution >= 0.6 is 23.2 Å². The molecule has 0 bridgehead atoms. The summed E-state index contributed by atoms with van der Waals surface area (Å²) in [6.07, 6.45) is 1.55. The van der Waals surface area contributed by atoms with E-state index in [0.29, 0.717) is 16.6 Å². The number of benzene rings is 2. The van der Waals surface area contributed by atoms with E-state index in [4.69, 9.17) is 23.2 Å². The summed E-state index contributed by atoms with van der Waals surface area (Å²) in [5.74, 6) is 0. The van der Waals surface area contributed by atoms with Crippen LogP contribution in [0.1, 0.15) is 11.1 Å². The first-order valence-corrected chi connectivity index (χ1v) is 7.41. The summed E-state index contributed by atoms with van der Waals surface area (Å²) in [6.45, 7) is 2.57. The highest BCUT2D eigenvalue weighted by molar-refractivity contribution is 6.36. The third-order valence-electron chi connectivity index (χ3n) is 3.35. The minimum Gasteiger partial charge on any atom is -0.381 e. The van der Waals surface area contributed by atoms with Crippen molar-refractivity contribution in [2.45, 2.75) is 13.5 Å². The molecule has 3 aromatic rings. The maximum atomic E-state index is 6.19. The van der Waals surface area contributed by atoms with Crippen LogP contribution in [0.3, 0.4) is 0 Å². The fourth-order valence-electron chi connectivity index (χ4n) is 2.11. The van der Waals surface area contributed by atoms with E-state index in [-0.39, 0.29) is 0 Å². The first-order valence-electron chi connectivity index (χ1n) is 6.66. The van der Waals surface area contributed by atoms with Gasteiger partial charge in [0.2, 0.25) is 0 Å². The van der Waals surface area contributed by atoms with E-state index < -0.39 is 0 Å². The first-order chi connectivity index (χ1) is 10.6. The highest BCUT2D eigenvalue weighted by atomic mass is 35.5. The lowest BCUT2D eigenvalue weighted by atomic mass is 10.1. The Morgan fingerprint density at radius 2 is 1.91 bits per heavy atom. The zero-order chi connectivity index (χ0) is 15.5. The van der Waals surface area contributed by atoms with E-state index in [2.05, 4.69) is 20.8 Å².